The predicted molar refractivity (Wildman–Crippen MR) is 114 cm³/mol. The lowest BCUT2D eigenvalue weighted by Gasteiger charge is -2.07. The number of amides is 2. The minimum Gasteiger partial charge on any atom is -0.345 e. The summed E-state index contributed by atoms with van der Waals surface area (Å²) in [6.45, 7) is 2.21. The number of thioether (sulfide) groups is 1. The lowest BCUT2D eigenvalue weighted by Crippen LogP contribution is -2.24. The lowest BCUT2D eigenvalue weighted by atomic mass is 10.1. The number of hydrogen-bond donors (Lipinski definition) is 2. The number of nitrogens with one attached hydrogen (secondary N) is 2. The van der Waals surface area contributed by atoms with Crippen LogP contribution in [0.25, 0.3) is 0 Å². The highest BCUT2D eigenvalue weighted by Gasteiger charge is 2.13. The fraction of sp³-hybridized carbons (Fsp3) is 0.200. The van der Waals surface area contributed by atoms with Crippen molar-refractivity contribution < 1.29 is 9.59 Å². The molecule has 0 spiro atoms. The van der Waals surface area contributed by atoms with E-state index in [1.165, 1.54) is 11.8 Å². The van der Waals surface area contributed by atoms with Gasteiger partial charge in [-0.2, -0.15) is 0 Å². The van der Waals surface area contributed by atoms with Gasteiger partial charge in [-0.25, -0.2) is 0 Å². The molecule has 0 atom stereocenters. The van der Waals surface area contributed by atoms with Crippen LogP contribution < -0.4 is 10.6 Å². The molecule has 0 radical (unpaired) electrons. The lowest BCUT2D eigenvalue weighted by molar-refractivity contribution is -0.113. The maximum atomic E-state index is 12.2. The predicted octanol–water partition coefficient (Wildman–Crippen LogP) is 3.44. The summed E-state index contributed by atoms with van der Waals surface area (Å²) in [4.78, 5) is 24.4. The zero-order valence-electron chi connectivity index (χ0n) is 16.0. The van der Waals surface area contributed by atoms with Crippen LogP contribution in [0, 0.1) is 6.92 Å². The van der Waals surface area contributed by atoms with Gasteiger partial charge in [-0.1, -0.05) is 53.2 Å². The first kappa shape index (κ1) is 20.9. The van der Waals surface area contributed by atoms with Crippen LogP contribution in [0.3, 0.4) is 0 Å². The highest BCUT2D eigenvalue weighted by atomic mass is 35.5. The van der Waals surface area contributed by atoms with E-state index in [-0.39, 0.29) is 24.1 Å². The number of halogens is 1. The molecule has 0 saturated heterocycles. The number of rotatable bonds is 7. The Morgan fingerprint density at radius 1 is 1.10 bits per heavy atom. The van der Waals surface area contributed by atoms with Crippen molar-refractivity contribution in [3.63, 3.8) is 0 Å². The van der Waals surface area contributed by atoms with Crippen molar-refractivity contribution in [2.24, 2.45) is 7.05 Å². The van der Waals surface area contributed by atoms with E-state index in [4.69, 9.17) is 11.6 Å². The molecule has 3 rings (SSSR count). The first-order chi connectivity index (χ1) is 13.9. The number of aryl methyl sites for hydroxylation is 1. The number of benzene rings is 2. The molecule has 150 valence electrons. The summed E-state index contributed by atoms with van der Waals surface area (Å²) in [7, 11) is 1.79. The Morgan fingerprint density at radius 3 is 2.55 bits per heavy atom. The maximum Gasteiger partial charge on any atom is 0.251 e. The SMILES string of the molecule is Cc1ccc(C(=O)NCc2nnc(SCC(=O)Nc3ccccc3Cl)n2C)cc1. The number of para-hydroxylation sites is 1. The summed E-state index contributed by atoms with van der Waals surface area (Å²) >= 11 is 7.30. The van der Waals surface area contributed by atoms with Gasteiger partial charge in [0.15, 0.2) is 11.0 Å². The van der Waals surface area contributed by atoms with E-state index >= 15 is 0 Å². The highest BCUT2D eigenvalue weighted by Crippen LogP contribution is 2.21. The summed E-state index contributed by atoms with van der Waals surface area (Å²) in [5.41, 5.74) is 2.25. The van der Waals surface area contributed by atoms with E-state index in [9.17, 15) is 9.59 Å². The van der Waals surface area contributed by atoms with Crippen LogP contribution in [-0.2, 0) is 18.4 Å². The molecule has 3 aromatic rings. The van der Waals surface area contributed by atoms with Crippen LogP contribution in [-0.4, -0.2) is 32.3 Å². The summed E-state index contributed by atoms with van der Waals surface area (Å²) in [6, 6.07) is 14.4. The van der Waals surface area contributed by atoms with Gasteiger partial charge in [-0.3, -0.25) is 9.59 Å². The Balaban J connectivity index is 1.52. The van der Waals surface area contributed by atoms with Gasteiger partial charge in [0.25, 0.3) is 5.91 Å². The molecule has 29 heavy (non-hydrogen) atoms. The molecule has 0 unspecified atom stereocenters. The van der Waals surface area contributed by atoms with Crippen molar-refractivity contribution >= 4 is 40.9 Å². The molecule has 0 fully saturated rings. The Hall–Kier alpha value is -2.84. The van der Waals surface area contributed by atoms with Gasteiger partial charge in [-0.15, -0.1) is 10.2 Å². The molecule has 0 aliphatic heterocycles. The average molecular weight is 430 g/mol. The van der Waals surface area contributed by atoms with Crippen LogP contribution in [0.2, 0.25) is 5.02 Å². The van der Waals surface area contributed by atoms with E-state index in [2.05, 4.69) is 20.8 Å². The van der Waals surface area contributed by atoms with Gasteiger partial charge >= 0.3 is 0 Å². The van der Waals surface area contributed by atoms with E-state index in [0.29, 0.717) is 27.3 Å². The Labute approximate surface area is 177 Å². The molecule has 2 N–H and O–H groups in total. The van der Waals surface area contributed by atoms with Crippen molar-refractivity contribution in [3.8, 4) is 0 Å². The van der Waals surface area contributed by atoms with Crippen LogP contribution in [0.15, 0.2) is 53.7 Å². The summed E-state index contributed by atoms with van der Waals surface area (Å²) in [5, 5.41) is 14.8. The molecule has 7 nitrogen and oxygen atoms in total. The Morgan fingerprint density at radius 2 is 1.83 bits per heavy atom. The number of nitrogens with zero attached hydrogens (tertiary/aromatic N) is 3. The fourth-order valence-electron chi connectivity index (χ4n) is 2.47. The van der Waals surface area contributed by atoms with Gasteiger partial charge < -0.3 is 15.2 Å². The Kier molecular flexibility index (Phi) is 6.90. The molecule has 0 saturated carbocycles. The largest absolute Gasteiger partial charge is 0.345 e. The monoisotopic (exact) mass is 429 g/mol. The summed E-state index contributed by atoms with van der Waals surface area (Å²) in [5.74, 6) is 0.383. The number of carbonyl (C=O) groups excluding carboxylic acids is 2. The van der Waals surface area contributed by atoms with Gasteiger partial charge in [-0.05, 0) is 31.2 Å². The van der Waals surface area contributed by atoms with Crippen molar-refractivity contribution in [3.05, 3.63) is 70.5 Å². The zero-order valence-corrected chi connectivity index (χ0v) is 17.5. The number of carbonyl (C=O) groups is 2. The average Bonchev–Trinajstić information content (AvgIpc) is 3.06. The van der Waals surface area contributed by atoms with E-state index in [1.54, 1.807) is 48.0 Å². The number of aromatic nitrogens is 3. The minimum absolute atomic E-state index is 0.160. The van der Waals surface area contributed by atoms with Crippen LogP contribution in [0.4, 0.5) is 5.69 Å². The van der Waals surface area contributed by atoms with Gasteiger partial charge in [0.05, 0.1) is 23.0 Å². The molecule has 0 aliphatic carbocycles. The second-order valence-electron chi connectivity index (χ2n) is 6.32. The highest BCUT2D eigenvalue weighted by molar-refractivity contribution is 7.99. The molecule has 2 aromatic carbocycles. The van der Waals surface area contributed by atoms with Crippen LogP contribution >= 0.6 is 23.4 Å². The van der Waals surface area contributed by atoms with Gasteiger partial charge in [0.2, 0.25) is 5.91 Å². The standard InChI is InChI=1S/C20H20ClN5O2S/c1-13-7-9-14(10-8-13)19(28)22-11-17-24-25-20(26(17)2)29-12-18(27)23-16-6-4-3-5-15(16)21/h3-10H,11-12H2,1-2H3,(H,22,28)(H,23,27). The van der Waals surface area contributed by atoms with Crippen LogP contribution in [0.5, 0.6) is 0 Å². The summed E-state index contributed by atoms with van der Waals surface area (Å²) < 4.78 is 1.75. The quantitative estimate of drug-likeness (QED) is 0.561. The van der Waals surface area contributed by atoms with E-state index < -0.39 is 0 Å². The van der Waals surface area contributed by atoms with Gasteiger partial charge in [0, 0.05) is 12.6 Å². The maximum absolute atomic E-state index is 12.2. The van der Waals surface area contributed by atoms with Crippen molar-refractivity contribution in [1.29, 1.82) is 0 Å². The third-order valence-corrected chi connectivity index (χ3v) is 5.48. The van der Waals surface area contributed by atoms with E-state index in [1.807, 2.05) is 19.1 Å². The summed E-state index contributed by atoms with van der Waals surface area (Å²) in [6.07, 6.45) is 0. The smallest absolute Gasteiger partial charge is 0.251 e. The van der Waals surface area contributed by atoms with Crippen LogP contribution in [0.1, 0.15) is 21.7 Å². The normalized spacial score (nSPS) is 10.6. The molecule has 0 aliphatic rings. The molecule has 2 amide bonds. The minimum atomic E-state index is -0.194. The Bertz CT molecular complexity index is 1020. The van der Waals surface area contributed by atoms with Crippen molar-refractivity contribution in [2.45, 2.75) is 18.6 Å². The second kappa shape index (κ2) is 9.58. The molecular weight excluding hydrogens is 410 g/mol. The molecule has 1 heterocycles. The number of anilines is 1. The van der Waals surface area contributed by atoms with E-state index in [0.717, 1.165) is 5.56 Å². The fourth-order valence-corrected chi connectivity index (χ4v) is 3.38. The van der Waals surface area contributed by atoms with Crippen molar-refractivity contribution in [2.75, 3.05) is 11.1 Å². The number of hydrogen-bond acceptors (Lipinski definition) is 5. The molecule has 9 heteroatoms. The molecular formula is C20H20ClN5O2S. The molecule has 1 aromatic heterocycles. The third kappa shape index (κ3) is 5.58. The first-order valence-electron chi connectivity index (χ1n) is 8.84. The topological polar surface area (TPSA) is 88.9 Å². The van der Waals surface area contributed by atoms with Gasteiger partial charge in [0.1, 0.15) is 0 Å². The third-order valence-electron chi connectivity index (χ3n) is 4.13. The molecule has 0 bridgehead atoms. The second-order valence-corrected chi connectivity index (χ2v) is 7.67. The zero-order chi connectivity index (χ0) is 20.8. The van der Waals surface area contributed by atoms with Crippen molar-refractivity contribution in [1.82, 2.24) is 20.1 Å². The first-order valence-corrected chi connectivity index (χ1v) is 10.2.